The summed E-state index contributed by atoms with van der Waals surface area (Å²) in [6.07, 6.45) is 1.40. The van der Waals surface area contributed by atoms with E-state index >= 15 is 0 Å². The average molecular weight is 357 g/mol. The van der Waals surface area contributed by atoms with Crippen molar-refractivity contribution in [2.24, 2.45) is 10.7 Å². The monoisotopic (exact) mass is 357 g/mol. The van der Waals surface area contributed by atoms with E-state index < -0.39 is 5.60 Å². The van der Waals surface area contributed by atoms with Crippen LogP contribution in [0.25, 0.3) is 0 Å². The quantitative estimate of drug-likeness (QED) is 0.444. The summed E-state index contributed by atoms with van der Waals surface area (Å²) in [5.74, 6) is 0.517. The Kier molecular flexibility index (Phi) is 8.06. The Bertz CT molecular complexity index is 239. The highest BCUT2D eigenvalue weighted by molar-refractivity contribution is 14.0. The van der Waals surface area contributed by atoms with E-state index in [9.17, 15) is 5.11 Å². The molecule has 0 bridgehead atoms. The number of guanidine groups is 1. The molecule has 0 saturated carbocycles. The molecule has 102 valence electrons. The zero-order valence-corrected chi connectivity index (χ0v) is 13.0. The third-order valence-corrected chi connectivity index (χ3v) is 3.19. The van der Waals surface area contributed by atoms with E-state index in [1.807, 2.05) is 18.7 Å². The van der Waals surface area contributed by atoms with Crippen LogP contribution in [0.5, 0.6) is 0 Å². The zero-order chi connectivity index (χ0) is 12.0. The first-order valence-electron chi connectivity index (χ1n) is 5.96. The van der Waals surface area contributed by atoms with Crippen molar-refractivity contribution >= 4 is 29.9 Å². The molecule has 1 saturated heterocycles. The summed E-state index contributed by atoms with van der Waals surface area (Å²) in [4.78, 5) is 6.27. The van der Waals surface area contributed by atoms with Crippen molar-refractivity contribution in [1.29, 1.82) is 0 Å². The molecule has 0 aliphatic carbocycles. The molecule has 1 fully saturated rings. The van der Waals surface area contributed by atoms with Gasteiger partial charge >= 0.3 is 0 Å². The molecule has 0 aromatic carbocycles. The maximum Gasteiger partial charge on any atom is 0.191 e. The lowest BCUT2D eigenvalue weighted by molar-refractivity contribution is 0.0407. The molecule has 0 spiro atoms. The first-order chi connectivity index (χ1) is 7.61. The molecule has 1 aliphatic rings. The summed E-state index contributed by atoms with van der Waals surface area (Å²) < 4.78 is 5.24. The Morgan fingerprint density at radius 1 is 1.35 bits per heavy atom. The molecule has 0 radical (unpaired) electrons. The van der Waals surface area contributed by atoms with Gasteiger partial charge in [0.1, 0.15) is 0 Å². The van der Waals surface area contributed by atoms with Crippen LogP contribution in [0.2, 0.25) is 0 Å². The molecule has 0 amide bonds. The molecule has 1 heterocycles. The largest absolute Gasteiger partial charge is 0.388 e. The van der Waals surface area contributed by atoms with E-state index in [1.54, 1.807) is 0 Å². The lowest BCUT2D eigenvalue weighted by atomic mass is 9.98. The van der Waals surface area contributed by atoms with Crippen LogP contribution in [0.1, 0.15) is 26.7 Å². The van der Waals surface area contributed by atoms with E-state index in [0.29, 0.717) is 38.6 Å². The molecule has 6 heteroatoms. The van der Waals surface area contributed by atoms with E-state index in [2.05, 4.69) is 4.99 Å². The summed E-state index contributed by atoms with van der Waals surface area (Å²) in [7, 11) is 0. The van der Waals surface area contributed by atoms with Crippen LogP contribution in [-0.4, -0.2) is 54.4 Å². The summed E-state index contributed by atoms with van der Waals surface area (Å²) in [6, 6.07) is 0. The van der Waals surface area contributed by atoms with Crippen molar-refractivity contribution in [3.05, 3.63) is 0 Å². The fraction of sp³-hybridized carbons (Fsp3) is 0.909. The predicted octanol–water partition coefficient (Wildman–Crippen LogP) is 0.802. The third-order valence-electron chi connectivity index (χ3n) is 3.19. The number of nitrogens with zero attached hydrogens (tertiary/aromatic N) is 2. The number of rotatable bonds is 4. The van der Waals surface area contributed by atoms with Crippen molar-refractivity contribution in [3.63, 3.8) is 0 Å². The Labute approximate surface area is 120 Å². The molecular formula is C11H24IN3O2. The topological polar surface area (TPSA) is 71.1 Å². The van der Waals surface area contributed by atoms with E-state index in [-0.39, 0.29) is 24.0 Å². The zero-order valence-electron chi connectivity index (χ0n) is 10.7. The summed E-state index contributed by atoms with van der Waals surface area (Å²) in [5.41, 5.74) is 5.16. The van der Waals surface area contributed by atoms with Crippen LogP contribution in [0, 0.1) is 0 Å². The van der Waals surface area contributed by atoms with Crippen molar-refractivity contribution < 1.29 is 9.84 Å². The van der Waals surface area contributed by atoms with Gasteiger partial charge in [-0.05, 0) is 12.8 Å². The molecule has 0 unspecified atom stereocenters. The molecule has 17 heavy (non-hydrogen) atoms. The van der Waals surface area contributed by atoms with E-state index in [4.69, 9.17) is 10.5 Å². The molecule has 1 aliphatic heterocycles. The molecule has 3 N–H and O–H groups in total. The van der Waals surface area contributed by atoms with Gasteiger partial charge in [0.2, 0.25) is 0 Å². The van der Waals surface area contributed by atoms with Gasteiger partial charge in [0.15, 0.2) is 5.96 Å². The van der Waals surface area contributed by atoms with Crippen LogP contribution < -0.4 is 5.73 Å². The number of aliphatic hydroxyl groups is 1. The molecule has 1 rings (SSSR count). The molecule has 0 aromatic heterocycles. The van der Waals surface area contributed by atoms with Crippen molar-refractivity contribution in [3.8, 4) is 0 Å². The highest BCUT2D eigenvalue weighted by Crippen LogP contribution is 2.14. The Hall–Kier alpha value is -0.0800. The number of aliphatic imine (C=N–C) groups is 1. The van der Waals surface area contributed by atoms with Gasteiger partial charge in [-0.15, -0.1) is 24.0 Å². The minimum atomic E-state index is -0.711. The summed E-state index contributed by atoms with van der Waals surface area (Å²) in [5, 5.41) is 10.1. The lowest BCUT2D eigenvalue weighted by Crippen LogP contribution is -2.45. The van der Waals surface area contributed by atoms with Gasteiger partial charge in [-0.2, -0.15) is 0 Å². The van der Waals surface area contributed by atoms with Crippen LogP contribution in [0.4, 0.5) is 0 Å². The number of nitrogens with two attached hydrogens (primary N) is 1. The maximum atomic E-state index is 10.1. The van der Waals surface area contributed by atoms with Gasteiger partial charge in [0.25, 0.3) is 0 Å². The number of halogens is 1. The number of hydrogen-bond acceptors (Lipinski definition) is 3. The summed E-state index contributed by atoms with van der Waals surface area (Å²) in [6.45, 7) is 7.26. The van der Waals surface area contributed by atoms with Gasteiger partial charge in [-0.25, -0.2) is 0 Å². The maximum absolute atomic E-state index is 10.1. The average Bonchev–Trinajstić information content (AvgIpc) is 2.36. The minimum absolute atomic E-state index is 0. The summed E-state index contributed by atoms with van der Waals surface area (Å²) >= 11 is 0. The molecule has 5 nitrogen and oxygen atoms in total. The Morgan fingerprint density at radius 2 is 1.88 bits per heavy atom. The third kappa shape index (κ3) is 5.39. The first kappa shape index (κ1) is 16.9. The second-order valence-corrected chi connectivity index (χ2v) is 4.21. The fourth-order valence-electron chi connectivity index (χ4n) is 1.59. The second-order valence-electron chi connectivity index (χ2n) is 4.21. The normalized spacial score (nSPS) is 17.8. The highest BCUT2D eigenvalue weighted by atomic mass is 127. The lowest BCUT2D eigenvalue weighted by Gasteiger charge is -2.29. The van der Waals surface area contributed by atoms with E-state index in [1.165, 1.54) is 0 Å². The standard InChI is InChI=1S/C11H23N3O2.HI/c1-3-11(15,4-2)9-13-10(12)14-5-7-16-8-6-14;/h15H,3-9H2,1-2H3,(H2,12,13);1H. The van der Waals surface area contributed by atoms with E-state index in [0.717, 1.165) is 13.1 Å². The number of ether oxygens (including phenoxy) is 1. The van der Waals surface area contributed by atoms with Gasteiger partial charge in [-0.3, -0.25) is 4.99 Å². The van der Waals surface area contributed by atoms with Crippen LogP contribution in [-0.2, 0) is 4.74 Å². The Morgan fingerprint density at radius 3 is 2.35 bits per heavy atom. The van der Waals surface area contributed by atoms with Gasteiger partial charge in [0, 0.05) is 13.1 Å². The number of morpholine rings is 1. The molecule has 0 atom stereocenters. The van der Waals surface area contributed by atoms with Gasteiger partial charge < -0.3 is 20.5 Å². The smallest absolute Gasteiger partial charge is 0.191 e. The van der Waals surface area contributed by atoms with Crippen LogP contribution >= 0.6 is 24.0 Å². The highest BCUT2D eigenvalue weighted by Gasteiger charge is 2.22. The van der Waals surface area contributed by atoms with Crippen molar-refractivity contribution in [2.45, 2.75) is 32.3 Å². The fourth-order valence-corrected chi connectivity index (χ4v) is 1.59. The second kappa shape index (κ2) is 8.10. The number of hydrogen-bond donors (Lipinski definition) is 2. The predicted molar refractivity (Wildman–Crippen MR) is 79.8 cm³/mol. The van der Waals surface area contributed by atoms with Gasteiger partial charge in [0.05, 0.1) is 25.4 Å². The van der Waals surface area contributed by atoms with Crippen LogP contribution in [0.15, 0.2) is 4.99 Å². The van der Waals surface area contributed by atoms with Crippen molar-refractivity contribution in [2.75, 3.05) is 32.8 Å². The molecule has 0 aromatic rings. The van der Waals surface area contributed by atoms with Crippen LogP contribution in [0.3, 0.4) is 0 Å². The van der Waals surface area contributed by atoms with Gasteiger partial charge in [-0.1, -0.05) is 13.8 Å². The SMILES string of the molecule is CCC(O)(CC)CN=C(N)N1CCOCC1.I. The first-order valence-corrected chi connectivity index (χ1v) is 5.96. The Balaban J connectivity index is 0.00000256. The minimum Gasteiger partial charge on any atom is -0.388 e. The molecular weight excluding hydrogens is 333 g/mol. The van der Waals surface area contributed by atoms with Crippen molar-refractivity contribution in [1.82, 2.24) is 4.90 Å².